The molecule has 1 aliphatic heterocycles. The lowest BCUT2D eigenvalue weighted by atomic mass is 9.87. The van der Waals surface area contributed by atoms with Crippen molar-refractivity contribution < 1.29 is 23.8 Å². The number of ether oxygens (including phenoxy) is 3. The summed E-state index contributed by atoms with van der Waals surface area (Å²) in [5.74, 6) is 1.18. The normalized spacial score (nSPS) is 17.4. The van der Waals surface area contributed by atoms with Crippen molar-refractivity contribution in [3.05, 3.63) is 16.9 Å². The smallest absolute Gasteiger partial charge is 0.325 e. The average Bonchev–Trinajstić information content (AvgIpc) is 3.25. The van der Waals surface area contributed by atoms with Gasteiger partial charge in [0.25, 0.3) is 0 Å². The first-order chi connectivity index (χ1) is 13.1. The highest BCUT2D eigenvalue weighted by Gasteiger charge is 2.20. The van der Waals surface area contributed by atoms with Gasteiger partial charge in [0.2, 0.25) is 12.7 Å². The molecule has 2 aromatic rings. The summed E-state index contributed by atoms with van der Waals surface area (Å²) in [6, 6.07) is 3.68. The Morgan fingerprint density at radius 2 is 1.96 bits per heavy atom. The van der Waals surface area contributed by atoms with Gasteiger partial charge in [-0.3, -0.25) is 9.59 Å². The fourth-order valence-electron chi connectivity index (χ4n) is 3.68. The fraction of sp³-hybridized carbons (Fsp3) is 0.526. The molecule has 0 unspecified atom stereocenters. The topological polar surface area (TPSA) is 79.1 Å². The molecule has 0 radical (unpaired) electrons. The second-order valence-corrected chi connectivity index (χ2v) is 7.94. The Morgan fingerprint density at radius 3 is 2.70 bits per heavy atom. The third-order valence-corrected chi connectivity index (χ3v) is 6.14. The SMILES string of the molecule is COC(=O)Cn1c(=NC(=O)CC2CCCCC2)sc2cc3c(cc21)OCO3. The predicted molar refractivity (Wildman–Crippen MR) is 99.7 cm³/mol. The van der Waals surface area contributed by atoms with Gasteiger partial charge in [-0.1, -0.05) is 30.6 Å². The Balaban J connectivity index is 1.70. The standard InChI is InChI=1S/C19H22N2O5S/c1-24-18(23)10-21-13-8-14-15(26-11-25-14)9-16(13)27-19(21)20-17(22)7-12-5-3-2-4-6-12/h8-9,12H,2-7,10-11H2,1H3. The van der Waals surface area contributed by atoms with Crippen LogP contribution in [0.5, 0.6) is 11.5 Å². The van der Waals surface area contributed by atoms with Crippen LogP contribution >= 0.6 is 11.3 Å². The highest BCUT2D eigenvalue weighted by molar-refractivity contribution is 7.16. The number of aromatic nitrogens is 1. The van der Waals surface area contributed by atoms with E-state index in [4.69, 9.17) is 14.2 Å². The number of benzene rings is 1. The van der Waals surface area contributed by atoms with E-state index in [2.05, 4.69) is 4.99 Å². The lowest BCUT2D eigenvalue weighted by Crippen LogP contribution is -2.23. The Labute approximate surface area is 160 Å². The summed E-state index contributed by atoms with van der Waals surface area (Å²) in [7, 11) is 1.34. The van der Waals surface area contributed by atoms with Gasteiger partial charge < -0.3 is 18.8 Å². The van der Waals surface area contributed by atoms with E-state index in [0.717, 1.165) is 23.1 Å². The number of fused-ring (bicyclic) bond motifs is 2. The first-order valence-electron chi connectivity index (χ1n) is 9.21. The molecule has 1 saturated carbocycles. The number of amides is 1. The number of hydrogen-bond donors (Lipinski definition) is 0. The maximum Gasteiger partial charge on any atom is 0.325 e. The number of carbonyl (C=O) groups is 2. The van der Waals surface area contributed by atoms with Crippen LogP contribution in [-0.2, 0) is 20.9 Å². The monoisotopic (exact) mass is 390 g/mol. The van der Waals surface area contributed by atoms with E-state index in [1.165, 1.54) is 37.7 Å². The number of thiazole rings is 1. The van der Waals surface area contributed by atoms with E-state index < -0.39 is 5.97 Å². The molecular formula is C19H22N2O5S. The summed E-state index contributed by atoms with van der Waals surface area (Å²) in [5, 5.41) is 0. The zero-order valence-electron chi connectivity index (χ0n) is 15.2. The Bertz CT molecular complexity index is 939. The van der Waals surface area contributed by atoms with Crippen LogP contribution in [0.3, 0.4) is 0 Å². The second kappa shape index (κ2) is 7.72. The highest BCUT2D eigenvalue weighted by Crippen LogP contribution is 2.37. The summed E-state index contributed by atoms with van der Waals surface area (Å²) in [5.41, 5.74) is 0.777. The van der Waals surface area contributed by atoms with Crippen LogP contribution in [-0.4, -0.2) is 30.3 Å². The van der Waals surface area contributed by atoms with Crippen molar-refractivity contribution in [3.8, 4) is 11.5 Å². The minimum absolute atomic E-state index is 0.00825. The van der Waals surface area contributed by atoms with Crippen LogP contribution in [0.1, 0.15) is 38.5 Å². The van der Waals surface area contributed by atoms with Crippen molar-refractivity contribution in [2.75, 3.05) is 13.9 Å². The number of nitrogens with zero attached hydrogens (tertiary/aromatic N) is 2. The maximum absolute atomic E-state index is 12.5. The molecular weight excluding hydrogens is 368 g/mol. The number of carbonyl (C=O) groups excluding carboxylic acids is 2. The molecule has 7 nitrogen and oxygen atoms in total. The predicted octanol–water partition coefficient (Wildman–Crippen LogP) is 3.00. The lowest BCUT2D eigenvalue weighted by molar-refractivity contribution is -0.141. The van der Waals surface area contributed by atoms with Gasteiger partial charge in [0.05, 0.1) is 17.3 Å². The van der Waals surface area contributed by atoms with E-state index in [1.807, 2.05) is 12.1 Å². The van der Waals surface area contributed by atoms with Gasteiger partial charge >= 0.3 is 5.97 Å². The van der Waals surface area contributed by atoms with Crippen LogP contribution in [0.15, 0.2) is 17.1 Å². The van der Waals surface area contributed by atoms with Crippen molar-refractivity contribution in [2.45, 2.75) is 45.1 Å². The Morgan fingerprint density at radius 1 is 1.22 bits per heavy atom. The van der Waals surface area contributed by atoms with E-state index in [0.29, 0.717) is 28.6 Å². The van der Waals surface area contributed by atoms with E-state index in [-0.39, 0.29) is 19.2 Å². The van der Waals surface area contributed by atoms with Gasteiger partial charge in [-0.15, -0.1) is 0 Å². The van der Waals surface area contributed by atoms with Crippen LogP contribution in [0.2, 0.25) is 0 Å². The van der Waals surface area contributed by atoms with Crippen LogP contribution in [0.4, 0.5) is 0 Å². The zero-order chi connectivity index (χ0) is 18.8. The minimum atomic E-state index is -0.395. The summed E-state index contributed by atoms with van der Waals surface area (Å²) in [6.07, 6.45) is 6.29. The summed E-state index contributed by atoms with van der Waals surface area (Å²) in [4.78, 5) is 29.3. The quantitative estimate of drug-likeness (QED) is 0.750. The third-order valence-electron chi connectivity index (χ3n) is 5.10. The van der Waals surface area contributed by atoms with Crippen molar-refractivity contribution >= 4 is 33.4 Å². The molecule has 0 atom stereocenters. The maximum atomic E-state index is 12.5. The molecule has 2 aliphatic rings. The first kappa shape index (κ1) is 18.0. The highest BCUT2D eigenvalue weighted by atomic mass is 32.1. The van der Waals surface area contributed by atoms with Crippen LogP contribution in [0, 0.1) is 5.92 Å². The Kier molecular flexibility index (Phi) is 5.15. The summed E-state index contributed by atoms with van der Waals surface area (Å²) >= 11 is 1.36. The zero-order valence-corrected chi connectivity index (χ0v) is 16.0. The van der Waals surface area contributed by atoms with Gasteiger partial charge in [-0.05, 0) is 18.8 Å². The van der Waals surface area contributed by atoms with Crippen LogP contribution < -0.4 is 14.3 Å². The molecule has 1 amide bonds. The molecule has 4 rings (SSSR count). The molecule has 1 aromatic heterocycles. The van der Waals surface area contributed by atoms with Crippen molar-refractivity contribution in [3.63, 3.8) is 0 Å². The van der Waals surface area contributed by atoms with Gasteiger partial charge in [0, 0.05) is 18.6 Å². The molecule has 0 N–H and O–H groups in total. The van der Waals surface area contributed by atoms with Gasteiger partial charge in [-0.2, -0.15) is 4.99 Å². The van der Waals surface area contributed by atoms with Gasteiger partial charge in [0.15, 0.2) is 16.3 Å². The lowest BCUT2D eigenvalue weighted by Gasteiger charge is -2.19. The molecule has 8 heteroatoms. The summed E-state index contributed by atoms with van der Waals surface area (Å²) in [6.45, 7) is 0.173. The van der Waals surface area contributed by atoms with Crippen molar-refractivity contribution in [2.24, 2.45) is 10.9 Å². The van der Waals surface area contributed by atoms with Gasteiger partial charge in [0.1, 0.15) is 6.54 Å². The molecule has 0 bridgehead atoms. The molecule has 0 spiro atoms. The molecule has 1 aromatic carbocycles. The van der Waals surface area contributed by atoms with Crippen molar-refractivity contribution in [1.82, 2.24) is 4.57 Å². The number of hydrogen-bond acceptors (Lipinski definition) is 6. The number of methoxy groups -OCH3 is 1. The Hall–Kier alpha value is -2.35. The molecule has 27 heavy (non-hydrogen) atoms. The van der Waals surface area contributed by atoms with Gasteiger partial charge in [-0.25, -0.2) is 0 Å². The second-order valence-electron chi connectivity index (χ2n) is 6.93. The van der Waals surface area contributed by atoms with E-state index >= 15 is 0 Å². The van der Waals surface area contributed by atoms with E-state index in [1.54, 1.807) is 4.57 Å². The first-order valence-corrected chi connectivity index (χ1v) is 10.0. The largest absolute Gasteiger partial charge is 0.468 e. The fourth-order valence-corrected chi connectivity index (χ4v) is 4.74. The van der Waals surface area contributed by atoms with Crippen molar-refractivity contribution in [1.29, 1.82) is 0 Å². The molecule has 0 saturated heterocycles. The van der Waals surface area contributed by atoms with E-state index in [9.17, 15) is 9.59 Å². The molecule has 144 valence electrons. The molecule has 1 aliphatic carbocycles. The average molecular weight is 390 g/mol. The third kappa shape index (κ3) is 3.85. The minimum Gasteiger partial charge on any atom is -0.468 e. The molecule has 2 heterocycles. The number of rotatable bonds is 4. The molecule has 1 fully saturated rings. The van der Waals surface area contributed by atoms with Crippen LogP contribution in [0.25, 0.3) is 10.2 Å². The number of esters is 1. The summed E-state index contributed by atoms with van der Waals surface area (Å²) < 4.78 is 18.3.